The number of nitrogens with zero attached hydrogens (tertiary/aromatic N) is 1. The van der Waals surface area contributed by atoms with Crippen molar-refractivity contribution in [2.75, 3.05) is 16.8 Å². The molecule has 0 unspecified atom stereocenters. The maximum absolute atomic E-state index is 12.9. The molecule has 5 heteroatoms. The number of hydrogen-bond acceptors (Lipinski definition) is 3. The molecule has 0 spiro atoms. The van der Waals surface area contributed by atoms with E-state index >= 15 is 0 Å². The van der Waals surface area contributed by atoms with Crippen molar-refractivity contribution < 1.29 is 9.59 Å². The third-order valence-corrected chi connectivity index (χ3v) is 4.94. The van der Waals surface area contributed by atoms with Crippen LogP contribution in [-0.2, 0) is 11.2 Å². The monoisotopic (exact) mass is 349 g/mol. The van der Waals surface area contributed by atoms with Crippen LogP contribution in [-0.4, -0.2) is 30.4 Å². The van der Waals surface area contributed by atoms with Crippen LogP contribution in [0.5, 0.6) is 0 Å². The summed E-state index contributed by atoms with van der Waals surface area (Å²) in [6.07, 6.45) is 3.02. The second-order valence-electron chi connectivity index (χ2n) is 7.06. The molecule has 2 N–H and O–H groups in total. The number of carbonyl (C=O) groups excluding carboxylic acids is 2. The second-order valence-corrected chi connectivity index (χ2v) is 7.06. The van der Waals surface area contributed by atoms with Crippen molar-refractivity contribution in [2.24, 2.45) is 0 Å². The molecule has 2 aromatic rings. The van der Waals surface area contributed by atoms with Gasteiger partial charge in [0, 0.05) is 29.5 Å². The Morgan fingerprint density at radius 3 is 2.73 bits per heavy atom. The van der Waals surface area contributed by atoms with Gasteiger partial charge in [0.25, 0.3) is 5.91 Å². The van der Waals surface area contributed by atoms with E-state index in [2.05, 4.69) is 16.7 Å². The molecule has 1 saturated carbocycles. The van der Waals surface area contributed by atoms with Gasteiger partial charge in [-0.25, -0.2) is 0 Å². The maximum atomic E-state index is 12.9. The summed E-state index contributed by atoms with van der Waals surface area (Å²) in [6, 6.07) is 15.3. The first kappa shape index (κ1) is 16.6. The maximum Gasteiger partial charge on any atom is 0.251 e. The predicted molar refractivity (Wildman–Crippen MR) is 103 cm³/mol. The van der Waals surface area contributed by atoms with Gasteiger partial charge >= 0.3 is 0 Å². The Morgan fingerprint density at radius 2 is 1.92 bits per heavy atom. The first-order valence-electron chi connectivity index (χ1n) is 9.18. The molecular weight excluding hydrogens is 326 g/mol. The lowest BCUT2D eigenvalue weighted by atomic mass is 10.1. The summed E-state index contributed by atoms with van der Waals surface area (Å²) in [4.78, 5) is 26.9. The van der Waals surface area contributed by atoms with Gasteiger partial charge < -0.3 is 15.5 Å². The van der Waals surface area contributed by atoms with Gasteiger partial charge in [-0.15, -0.1) is 0 Å². The Labute approximate surface area is 153 Å². The molecule has 2 aromatic carbocycles. The summed E-state index contributed by atoms with van der Waals surface area (Å²) < 4.78 is 0. The Kier molecular flexibility index (Phi) is 4.37. The molecular formula is C21H23N3O2. The zero-order valence-electron chi connectivity index (χ0n) is 14.9. The van der Waals surface area contributed by atoms with E-state index in [0.29, 0.717) is 18.2 Å². The molecule has 1 atom stereocenters. The summed E-state index contributed by atoms with van der Waals surface area (Å²) in [7, 11) is 0. The number of anilines is 2. The third kappa shape index (κ3) is 3.43. The standard InChI is InChI=1S/C21H23N3O2/c1-14(21(26)24-12-11-15-5-2-3-8-19(15)24)22-18-7-4-6-16(13-18)20(25)23-17-9-10-17/h2-8,13-14,17,22H,9-12H2,1H3,(H,23,25)/t14-/m1/s1. The van der Waals surface area contributed by atoms with Crippen molar-refractivity contribution in [1.82, 2.24) is 5.32 Å². The molecule has 1 aliphatic carbocycles. The highest BCUT2D eigenvalue weighted by Gasteiger charge is 2.28. The highest BCUT2D eigenvalue weighted by molar-refractivity contribution is 6.00. The molecule has 0 bridgehead atoms. The van der Waals surface area contributed by atoms with Gasteiger partial charge in [0.05, 0.1) is 0 Å². The lowest BCUT2D eigenvalue weighted by molar-refractivity contribution is -0.118. The van der Waals surface area contributed by atoms with Crippen molar-refractivity contribution in [2.45, 2.75) is 38.3 Å². The second kappa shape index (κ2) is 6.83. The van der Waals surface area contributed by atoms with E-state index in [1.807, 2.05) is 42.2 Å². The van der Waals surface area contributed by atoms with Gasteiger partial charge in [-0.1, -0.05) is 24.3 Å². The first-order chi connectivity index (χ1) is 12.6. The molecule has 134 valence electrons. The van der Waals surface area contributed by atoms with Crippen LogP contribution in [0.3, 0.4) is 0 Å². The number of nitrogens with one attached hydrogen (secondary N) is 2. The van der Waals surface area contributed by atoms with Crippen LogP contribution >= 0.6 is 0 Å². The number of rotatable bonds is 5. The number of hydrogen-bond donors (Lipinski definition) is 2. The Hall–Kier alpha value is -2.82. The van der Waals surface area contributed by atoms with Gasteiger partial charge in [0.15, 0.2) is 0 Å². The van der Waals surface area contributed by atoms with E-state index in [-0.39, 0.29) is 17.9 Å². The molecule has 1 aliphatic heterocycles. The van der Waals surface area contributed by atoms with Gasteiger partial charge in [0.1, 0.15) is 6.04 Å². The highest BCUT2D eigenvalue weighted by Crippen LogP contribution is 2.28. The molecule has 0 saturated heterocycles. The minimum Gasteiger partial charge on any atom is -0.374 e. The normalized spacial score (nSPS) is 16.7. The van der Waals surface area contributed by atoms with Crippen molar-refractivity contribution in [3.63, 3.8) is 0 Å². The van der Waals surface area contributed by atoms with E-state index in [4.69, 9.17) is 0 Å². The van der Waals surface area contributed by atoms with Crippen molar-refractivity contribution in [3.05, 3.63) is 59.7 Å². The SMILES string of the molecule is C[C@@H](Nc1cccc(C(=O)NC2CC2)c1)C(=O)N1CCc2ccccc21. The van der Waals surface area contributed by atoms with Crippen LogP contribution in [0, 0.1) is 0 Å². The first-order valence-corrected chi connectivity index (χ1v) is 9.18. The van der Waals surface area contributed by atoms with E-state index < -0.39 is 0 Å². The highest BCUT2D eigenvalue weighted by atomic mass is 16.2. The van der Waals surface area contributed by atoms with Crippen LogP contribution in [0.2, 0.25) is 0 Å². The van der Waals surface area contributed by atoms with E-state index in [0.717, 1.165) is 30.6 Å². The number of fused-ring (bicyclic) bond motifs is 1. The Balaban J connectivity index is 1.44. The zero-order chi connectivity index (χ0) is 18.1. The van der Waals surface area contributed by atoms with E-state index in [9.17, 15) is 9.59 Å². The number of benzene rings is 2. The minimum atomic E-state index is -0.372. The van der Waals surface area contributed by atoms with Gasteiger partial charge in [-0.3, -0.25) is 9.59 Å². The summed E-state index contributed by atoms with van der Waals surface area (Å²) in [5.41, 5.74) is 3.62. The topological polar surface area (TPSA) is 61.4 Å². The van der Waals surface area contributed by atoms with E-state index in [1.54, 1.807) is 12.1 Å². The fourth-order valence-electron chi connectivity index (χ4n) is 3.36. The zero-order valence-corrected chi connectivity index (χ0v) is 14.9. The lowest BCUT2D eigenvalue weighted by Crippen LogP contribution is -2.40. The predicted octanol–water partition coefficient (Wildman–Crippen LogP) is 2.97. The number of para-hydroxylation sites is 1. The van der Waals surface area contributed by atoms with Gasteiger partial charge in [-0.2, -0.15) is 0 Å². The number of amides is 2. The fraction of sp³-hybridized carbons (Fsp3) is 0.333. The Bertz CT molecular complexity index is 845. The largest absolute Gasteiger partial charge is 0.374 e. The fourth-order valence-corrected chi connectivity index (χ4v) is 3.36. The van der Waals surface area contributed by atoms with Crippen molar-refractivity contribution >= 4 is 23.2 Å². The van der Waals surface area contributed by atoms with Gasteiger partial charge in [-0.05, 0) is 56.0 Å². The summed E-state index contributed by atoms with van der Waals surface area (Å²) in [6.45, 7) is 2.58. The van der Waals surface area contributed by atoms with Crippen LogP contribution < -0.4 is 15.5 Å². The summed E-state index contributed by atoms with van der Waals surface area (Å²) in [5.74, 6) is -0.00798. The van der Waals surface area contributed by atoms with Crippen LogP contribution in [0.25, 0.3) is 0 Å². The molecule has 2 aliphatic rings. The molecule has 1 fully saturated rings. The van der Waals surface area contributed by atoms with Crippen LogP contribution in [0.4, 0.5) is 11.4 Å². The van der Waals surface area contributed by atoms with Gasteiger partial charge in [0.2, 0.25) is 5.91 Å². The molecule has 0 radical (unpaired) electrons. The quantitative estimate of drug-likeness (QED) is 0.872. The lowest BCUT2D eigenvalue weighted by Gasteiger charge is -2.23. The van der Waals surface area contributed by atoms with E-state index in [1.165, 1.54) is 5.56 Å². The third-order valence-electron chi connectivity index (χ3n) is 4.94. The molecule has 2 amide bonds. The smallest absolute Gasteiger partial charge is 0.251 e. The summed E-state index contributed by atoms with van der Waals surface area (Å²) in [5, 5.41) is 6.23. The minimum absolute atomic E-state index is 0.0442. The molecule has 5 nitrogen and oxygen atoms in total. The summed E-state index contributed by atoms with van der Waals surface area (Å²) >= 11 is 0. The van der Waals surface area contributed by atoms with Crippen LogP contribution in [0.15, 0.2) is 48.5 Å². The molecule has 4 rings (SSSR count). The van der Waals surface area contributed by atoms with Crippen molar-refractivity contribution in [1.29, 1.82) is 0 Å². The molecule has 26 heavy (non-hydrogen) atoms. The van der Waals surface area contributed by atoms with Crippen LogP contribution in [0.1, 0.15) is 35.7 Å². The Morgan fingerprint density at radius 1 is 1.12 bits per heavy atom. The van der Waals surface area contributed by atoms with Crippen molar-refractivity contribution in [3.8, 4) is 0 Å². The average molecular weight is 349 g/mol. The molecule has 0 aromatic heterocycles. The average Bonchev–Trinajstić information content (AvgIpc) is 3.36. The number of carbonyl (C=O) groups is 2. The molecule has 1 heterocycles.